The highest BCUT2D eigenvalue weighted by atomic mass is 16.5. The molecule has 130 valence electrons. The van der Waals surface area contributed by atoms with E-state index in [4.69, 9.17) is 4.74 Å². The molecule has 4 aliphatic carbocycles. The molecule has 0 bridgehead atoms. The third-order valence-electron chi connectivity index (χ3n) is 8.26. The van der Waals surface area contributed by atoms with Gasteiger partial charge in [0.05, 0.1) is 18.3 Å². The van der Waals surface area contributed by atoms with E-state index < -0.39 is 0 Å². The van der Waals surface area contributed by atoms with E-state index >= 15 is 0 Å². The van der Waals surface area contributed by atoms with Crippen molar-refractivity contribution < 1.29 is 14.9 Å². The second kappa shape index (κ2) is 5.31. The second-order valence-electron chi connectivity index (χ2n) is 9.16. The first kappa shape index (κ1) is 16.1. The maximum Gasteiger partial charge on any atom is 0.0886 e. The highest BCUT2D eigenvalue weighted by molar-refractivity contribution is 5.25. The summed E-state index contributed by atoms with van der Waals surface area (Å²) in [7, 11) is 1.76. The fourth-order valence-electron chi connectivity index (χ4n) is 7.04. The first-order valence-corrected chi connectivity index (χ1v) is 9.48. The molecule has 2 N–H and O–H groups in total. The largest absolute Gasteiger partial charge is 0.393 e. The van der Waals surface area contributed by atoms with Crippen LogP contribution in [0, 0.1) is 28.6 Å². The van der Waals surface area contributed by atoms with E-state index in [1.165, 1.54) is 18.4 Å². The first-order chi connectivity index (χ1) is 10.9. The Morgan fingerprint density at radius 2 is 1.91 bits per heavy atom. The lowest BCUT2D eigenvalue weighted by molar-refractivity contribution is -0.0964. The third-order valence-corrected chi connectivity index (χ3v) is 8.26. The second-order valence-corrected chi connectivity index (χ2v) is 9.16. The number of aliphatic hydroxyl groups is 2. The molecule has 3 heteroatoms. The molecule has 3 fully saturated rings. The zero-order valence-corrected chi connectivity index (χ0v) is 14.8. The van der Waals surface area contributed by atoms with Gasteiger partial charge in [0.1, 0.15) is 0 Å². The quantitative estimate of drug-likeness (QED) is 0.729. The Morgan fingerprint density at radius 3 is 2.65 bits per heavy atom. The molecule has 0 aromatic carbocycles. The van der Waals surface area contributed by atoms with Crippen LogP contribution in [0.5, 0.6) is 0 Å². The highest BCUT2D eigenvalue weighted by Gasteiger charge is 2.61. The molecule has 23 heavy (non-hydrogen) atoms. The van der Waals surface area contributed by atoms with Gasteiger partial charge < -0.3 is 14.9 Å². The van der Waals surface area contributed by atoms with E-state index in [2.05, 4.69) is 19.9 Å². The van der Waals surface area contributed by atoms with E-state index in [1.54, 1.807) is 7.11 Å². The van der Waals surface area contributed by atoms with Crippen LogP contribution in [0.15, 0.2) is 11.6 Å². The highest BCUT2D eigenvalue weighted by Crippen LogP contribution is 2.65. The van der Waals surface area contributed by atoms with Crippen LogP contribution in [0.4, 0.5) is 0 Å². The van der Waals surface area contributed by atoms with Crippen LogP contribution in [0.3, 0.4) is 0 Å². The molecule has 0 saturated heterocycles. The molecule has 3 nitrogen and oxygen atoms in total. The lowest BCUT2D eigenvalue weighted by Crippen LogP contribution is -2.51. The first-order valence-electron chi connectivity index (χ1n) is 9.48. The molecule has 0 spiro atoms. The Balaban J connectivity index is 1.67. The summed E-state index contributed by atoms with van der Waals surface area (Å²) >= 11 is 0. The van der Waals surface area contributed by atoms with Crippen LogP contribution in [0.1, 0.15) is 58.8 Å². The van der Waals surface area contributed by atoms with E-state index in [0.717, 1.165) is 38.0 Å². The zero-order valence-electron chi connectivity index (χ0n) is 14.8. The van der Waals surface area contributed by atoms with Crippen molar-refractivity contribution in [2.75, 3.05) is 7.11 Å². The van der Waals surface area contributed by atoms with Crippen molar-refractivity contribution >= 4 is 0 Å². The van der Waals surface area contributed by atoms with Gasteiger partial charge in [-0.3, -0.25) is 0 Å². The number of allylic oxidation sites excluding steroid dienone is 1. The molecule has 4 rings (SSSR count). The van der Waals surface area contributed by atoms with Gasteiger partial charge >= 0.3 is 0 Å². The molecular weight excluding hydrogens is 288 g/mol. The summed E-state index contributed by atoms with van der Waals surface area (Å²) in [6, 6.07) is 0. The van der Waals surface area contributed by atoms with Gasteiger partial charge in [-0.1, -0.05) is 25.5 Å². The Kier molecular flexibility index (Phi) is 3.72. The molecule has 4 aliphatic rings. The minimum absolute atomic E-state index is 0.000175. The predicted octanol–water partition coefficient (Wildman–Crippen LogP) is 3.30. The normalized spacial score (nSPS) is 55.6. The molecule has 0 aromatic heterocycles. The van der Waals surface area contributed by atoms with Crippen molar-refractivity contribution in [1.82, 2.24) is 0 Å². The van der Waals surface area contributed by atoms with Gasteiger partial charge in [-0.2, -0.15) is 0 Å². The Morgan fingerprint density at radius 1 is 1.13 bits per heavy atom. The summed E-state index contributed by atoms with van der Waals surface area (Å²) in [4.78, 5) is 0. The Labute approximate surface area is 140 Å². The van der Waals surface area contributed by atoms with E-state index in [9.17, 15) is 10.2 Å². The minimum atomic E-state index is -0.305. The van der Waals surface area contributed by atoms with Crippen molar-refractivity contribution in [3.05, 3.63) is 11.6 Å². The molecule has 0 aromatic rings. The van der Waals surface area contributed by atoms with Gasteiger partial charge in [0.25, 0.3) is 0 Å². The van der Waals surface area contributed by atoms with Crippen molar-refractivity contribution in [2.24, 2.45) is 28.6 Å². The molecule has 0 heterocycles. The van der Waals surface area contributed by atoms with Gasteiger partial charge in [-0.05, 0) is 73.5 Å². The topological polar surface area (TPSA) is 49.7 Å². The van der Waals surface area contributed by atoms with E-state index in [-0.39, 0.29) is 29.1 Å². The lowest BCUT2D eigenvalue weighted by atomic mass is 9.48. The minimum Gasteiger partial charge on any atom is -0.393 e. The smallest absolute Gasteiger partial charge is 0.0886 e. The molecule has 8 atom stereocenters. The molecule has 0 unspecified atom stereocenters. The number of hydrogen-bond acceptors (Lipinski definition) is 3. The van der Waals surface area contributed by atoms with Gasteiger partial charge in [0.15, 0.2) is 0 Å². The summed E-state index contributed by atoms with van der Waals surface area (Å²) in [6.45, 7) is 4.80. The number of rotatable bonds is 1. The maximum atomic E-state index is 10.5. The summed E-state index contributed by atoms with van der Waals surface area (Å²) < 4.78 is 5.72. The number of fused-ring (bicyclic) bond motifs is 5. The van der Waals surface area contributed by atoms with E-state index in [0.29, 0.717) is 11.8 Å². The Hall–Kier alpha value is -0.380. The van der Waals surface area contributed by atoms with Crippen LogP contribution < -0.4 is 0 Å². The van der Waals surface area contributed by atoms with Gasteiger partial charge in [-0.25, -0.2) is 0 Å². The summed E-state index contributed by atoms with van der Waals surface area (Å²) in [5, 5.41) is 20.6. The van der Waals surface area contributed by atoms with Crippen LogP contribution in [-0.4, -0.2) is 35.6 Å². The summed E-state index contributed by atoms with van der Waals surface area (Å²) in [6.07, 6.45) is 9.40. The van der Waals surface area contributed by atoms with Crippen molar-refractivity contribution in [1.29, 1.82) is 0 Å². The SMILES string of the molecule is CO[C@H]1[C@@H](O)C[C@H]2[C@@H]3CC=C4C[C@@H](O)CC[C@]4(C)[C@H]3CC[C@@]21C. The van der Waals surface area contributed by atoms with Crippen LogP contribution in [-0.2, 0) is 4.74 Å². The van der Waals surface area contributed by atoms with Gasteiger partial charge in [-0.15, -0.1) is 0 Å². The van der Waals surface area contributed by atoms with Crippen LogP contribution in [0.2, 0.25) is 0 Å². The van der Waals surface area contributed by atoms with Gasteiger partial charge in [0.2, 0.25) is 0 Å². The Bertz CT molecular complexity index is 515. The lowest BCUT2D eigenvalue weighted by Gasteiger charge is -2.57. The standard InChI is InChI=1S/C20H32O3/c1-19-8-6-13(21)10-12(19)4-5-14-15(19)7-9-20(2)16(14)11-17(22)18(20)23-3/h4,13-18,21-22H,5-11H2,1-3H3/t13-,14+,15-,16-,17-,18-,19-,20-/m0/s1. The zero-order chi connectivity index (χ0) is 16.4. The fraction of sp³-hybridized carbons (Fsp3) is 0.900. The monoisotopic (exact) mass is 320 g/mol. The third kappa shape index (κ3) is 2.12. The summed E-state index contributed by atoms with van der Waals surface area (Å²) in [5.74, 6) is 1.96. The fourth-order valence-corrected chi connectivity index (χ4v) is 7.04. The summed E-state index contributed by atoms with van der Waals surface area (Å²) in [5.41, 5.74) is 1.92. The molecule has 3 saturated carbocycles. The van der Waals surface area contributed by atoms with Crippen LogP contribution in [0.25, 0.3) is 0 Å². The number of ether oxygens (including phenoxy) is 1. The van der Waals surface area contributed by atoms with Crippen molar-refractivity contribution in [3.63, 3.8) is 0 Å². The molecule has 0 amide bonds. The molecule has 0 aliphatic heterocycles. The number of aliphatic hydroxyl groups excluding tert-OH is 2. The van der Waals surface area contributed by atoms with Crippen LogP contribution >= 0.6 is 0 Å². The van der Waals surface area contributed by atoms with E-state index in [1.807, 2.05) is 0 Å². The average molecular weight is 320 g/mol. The van der Waals surface area contributed by atoms with Crippen molar-refractivity contribution in [2.45, 2.75) is 77.1 Å². The maximum absolute atomic E-state index is 10.5. The molecular formula is C20H32O3. The van der Waals surface area contributed by atoms with Crippen molar-refractivity contribution in [3.8, 4) is 0 Å². The van der Waals surface area contributed by atoms with Gasteiger partial charge in [0, 0.05) is 7.11 Å². The number of methoxy groups -OCH3 is 1. The predicted molar refractivity (Wildman–Crippen MR) is 89.9 cm³/mol. The average Bonchev–Trinajstić information content (AvgIpc) is 2.77. The molecule has 0 radical (unpaired) electrons. The number of hydrogen-bond donors (Lipinski definition) is 2.